The molecule has 2 aromatic carbocycles. The number of hydrogen-bond donors (Lipinski definition) is 1. The molecule has 1 aromatic heterocycles. The molecule has 0 atom stereocenters. The topological polar surface area (TPSA) is 76.5 Å². The van der Waals surface area contributed by atoms with Gasteiger partial charge in [0.25, 0.3) is 0 Å². The van der Waals surface area contributed by atoms with Gasteiger partial charge in [-0.2, -0.15) is 0 Å². The number of phenols is 1. The summed E-state index contributed by atoms with van der Waals surface area (Å²) in [6, 6.07) is 8.70. The first-order valence-electron chi connectivity index (χ1n) is 8.40. The molecule has 0 aliphatic heterocycles. The van der Waals surface area contributed by atoms with Gasteiger partial charge in [0.05, 0.1) is 38.6 Å². The van der Waals surface area contributed by atoms with E-state index < -0.39 is 5.97 Å². The third-order valence-corrected chi connectivity index (χ3v) is 6.48. The number of halogens is 3. The monoisotopic (exact) mass is 579 g/mol. The number of phenolic OH excluding ortho intramolecular Hbond substituents is 1. The number of aromatic hydroxyl groups is 1. The number of ether oxygens (including phenoxy) is 1. The van der Waals surface area contributed by atoms with Gasteiger partial charge < -0.3 is 9.84 Å². The number of rotatable bonds is 2. The van der Waals surface area contributed by atoms with Crippen LogP contribution in [0.2, 0.25) is 0 Å². The van der Waals surface area contributed by atoms with Gasteiger partial charge in [-0.15, -0.1) is 0 Å². The van der Waals surface area contributed by atoms with Crippen molar-refractivity contribution in [3.63, 3.8) is 0 Å². The van der Waals surface area contributed by atoms with E-state index in [1.807, 2.05) is 6.07 Å². The molecule has 1 aliphatic carbocycles. The molecule has 0 saturated heterocycles. The van der Waals surface area contributed by atoms with Gasteiger partial charge in [-0.25, -0.2) is 4.79 Å². The van der Waals surface area contributed by atoms with Gasteiger partial charge in [-0.1, -0.05) is 15.9 Å². The molecule has 1 N–H and O–H groups in total. The Bertz CT molecular complexity index is 1210. The molecule has 0 fully saturated rings. The number of methoxy groups -OCH3 is 1. The number of carbonyl (C=O) groups excluding carboxylic acids is 2. The molecule has 29 heavy (non-hydrogen) atoms. The Kier molecular flexibility index (Phi) is 5.13. The number of nitrogens with zero attached hydrogens (tertiary/aromatic N) is 1. The van der Waals surface area contributed by atoms with Gasteiger partial charge in [-0.3, -0.25) is 9.78 Å². The first-order valence-corrected chi connectivity index (χ1v) is 10.8. The highest BCUT2D eigenvalue weighted by molar-refractivity contribution is 9.11. The Balaban J connectivity index is 2.15. The lowest BCUT2D eigenvalue weighted by atomic mass is 9.92. The molecule has 1 heterocycles. The number of esters is 1. The van der Waals surface area contributed by atoms with E-state index in [-0.39, 0.29) is 17.1 Å². The van der Waals surface area contributed by atoms with Crippen LogP contribution in [0.15, 0.2) is 43.7 Å². The maximum Gasteiger partial charge on any atom is 0.340 e. The van der Waals surface area contributed by atoms with Crippen LogP contribution in [0.25, 0.3) is 22.4 Å². The zero-order valence-electron chi connectivity index (χ0n) is 15.1. The number of carbonyl (C=O) groups is 2. The molecular formula is C21H12Br3NO4. The number of hydrogen-bond acceptors (Lipinski definition) is 5. The van der Waals surface area contributed by atoms with Crippen LogP contribution in [-0.4, -0.2) is 29.0 Å². The molecule has 1 aliphatic rings. The fourth-order valence-electron chi connectivity index (χ4n) is 3.52. The lowest BCUT2D eigenvalue weighted by Gasteiger charge is -2.16. The summed E-state index contributed by atoms with van der Waals surface area (Å²) in [7, 11) is 1.29. The molecule has 5 nitrogen and oxygen atoms in total. The van der Waals surface area contributed by atoms with Crippen molar-refractivity contribution in [1.82, 2.24) is 4.98 Å². The number of pyridine rings is 1. The van der Waals surface area contributed by atoms with E-state index >= 15 is 0 Å². The van der Waals surface area contributed by atoms with Crippen LogP contribution in [0.1, 0.15) is 32.0 Å². The normalized spacial score (nSPS) is 12.0. The molecule has 3 aromatic rings. The average molecular weight is 582 g/mol. The van der Waals surface area contributed by atoms with E-state index in [1.54, 1.807) is 31.2 Å². The molecule has 0 bridgehead atoms. The van der Waals surface area contributed by atoms with E-state index in [2.05, 4.69) is 52.8 Å². The van der Waals surface area contributed by atoms with Gasteiger partial charge >= 0.3 is 5.97 Å². The Morgan fingerprint density at radius 2 is 1.69 bits per heavy atom. The SMILES string of the molecule is COC(=O)c1c(C)nc2c(c1-c1cc(Br)c(O)c(Br)c1)C(=O)c1ccc(Br)cc1-2. The maximum absolute atomic E-state index is 13.3. The third kappa shape index (κ3) is 3.14. The summed E-state index contributed by atoms with van der Waals surface area (Å²) in [5.41, 5.74) is 3.76. The van der Waals surface area contributed by atoms with Crippen molar-refractivity contribution >= 4 is 59.5 Å². The summed E-state index contributed by atoms with van der Waals surface area (Å²) in [6.07, 6.45) is 0. The average Bonchev–Trinajstić information content (AvgIpc) is 2.95. The quantitative estimate of drug-likeness (QED) is 0.292. The second-order valence-electron chi connectivity index (χ2n) is 6.47. The predicted molar refractivity (Wildman–Crippen MR) is 119 cm³/mol. The first-order chi connectivity index (χ1) is 13.7. The summed E-state index contributed by atoms with van der Waals surface area (Å²) in [5, 5.41) is 10.1. The van der Waals surface area contributed by atoms with Crippen molar-refractivity contribution in [2.24, 2.45) is 0 Å². The van der Waals surface area contributed by atoms with E-state index in [0.29, 0.717) is 48.2 Å². The van der Waals surface area contributed by atoms with Gasteiger partial charge in [0.1, 0.15) is 5.75 Å². The van der Waals surface area contributed by atoms with Crippen molar-refractivity contribution in [3.8, 4) is 28.1 Å². The van der Waals surface area contributed by atoms with E-state index in [9.17, 15) is 14.7 Å². The highest BCUT2D eigenvalue weighted by atomic mass is 79.9. The predicted octanol–water partition coefficient (Wildman–Crippen LogP) is 6.05. The van der Waals surface area contributed by atoms with Crippen LogP contribution in [0.3, 0.4) is 0 Å². The smallest absolute Gasteiger partial charge is 0.340 e. The summed E-state index contributed by atoms with van der Waals surface area (Å²) < 4.78 is 6.65. The van der Waals surface area contributed by atoms with Gasteiger partial charge in [-0.05, 0) is 74.7 Å². The number of ketones is 1. The highest BCUT2D eigenvalue weighted by Gasteiger charge is 2.35. The van der Waals surface area contributed by atoms with E-state index in [1.165, 1.54) is 7.11 Å². The van der Waals surface area contributed by atoms with Crippen molar-refractivity contribution in [1.29, 1.82) is 0 Å². The number of aromatic nitrogens is 1. The Hall–Kier alpha value is -2.03. The Morgan fingerprint density at radius 1 is 1.03 bits per heavy atom. The van der Waals surface area contributed by atoms with Crippen molar-refractivity contribution in [2.45, 2.75) is 6.92 Å². The van der Waals surface area contributed by atoms with E-state index in [0.717, 1.165) is 4.47 Å². The molecule has 0 spiro atoms. The zero-order valence-corrected chi connectivity index (χ0v) is 19.9. The van der Waals surface area contributed by atoms with Crippen LogP contribution < -0.4 is 0 Å². The van der Waals surface area contributed by atoms with Gasteiger partial charge in [0.2, 0.25) is 0 Å². The molecule has 4 rings (SSSR count). The first kappa shape index (κ1) is 20.3. The minimum Gasteiger partial charge on any atom is -0.506 e. The zero-order chi connectivity index (χ0) is 21.0. The lowest BCUT2D eigenvalue weighted by molar-refractivity contribution is 0.0600. The largest absolute Gasteiger partial charge is 0.506 e. The lowest BCUT2D eigenvalue weighted by Crippen LogP contribution is -2.12. The van der Waals surface area contributed by atoms with Crippen molar-refractivity contribution in [2.75, 3.05) is 7.11 Å². The summed E-state index contributed by atoms with van der Waals surface area (Å²) in [4.78, 5) is 30.6. The number of benzene rings is 2. The van der Waals surface area contributed by atoms with Crippen molar-refractivity contribution < 1.29 is 19.4 Å². The summed E-state index contributed by atoms with van der Waals surface area (Å²) in [5.74, 6) is -0.775. The molecule has 0 unspecified atom stereocenters. The van der Waals surface area contributed by atoms with Crippen LogP contribution in [0.5, 0.6) is 5.75 Å². The fraction of sp³-hybridized carbons (Fsp3) is 0.0952. The molecule has 0 amide bonds. The number of fused-ring (bicyclic) bond motifs is 3. The van der Waals surface area contributed by atoms with Crippen LogP contribution in [-0.2, 0) is 4.74 Å². The van der Waals surface area contributed by atoms with Gasteiger partial charge in [0, 0.05) is 21.2 Å². The second kappa shape index (κ2) is 7.34. The Morgan fingerprint density at radius 3 is 2.31 bits per heavy atom. The third-order valence-electron chi connectivity index (χ3n) is 4.78. The van der Waals surface area contributed by atoms with E-state index in [4.69, 9.17) is 4.74 Å². The van der Waals surface area contributed by atoms with Crippen LogP contribution in [0, 0.1) is 6.92 Å². The molecule has 0 radical (unpaired) electrons. The van der Waals surface area contributed by atoms with Gasteiger partial charge in [0.15, 0.2) is 5.78 Å². The standard InChI is InChI=1S/C21H12Br3NO4/c1-8-15(21(28)29-2)16(9-5-13(23)20(27)14(24)6-9)17-18(25-8)12-7-10(22)3-4-11(12)19(17)26/h3-7,27H,1-2H3. The minimum atomic E-state index is -0.585. The second-order valence-corrected chi connectivity index (χ2v) is 9.09. The van der Waals surface area contributed by atoms with Crippen LogP contribution in [0.4, 0.5) is 0 Å². The van der Waals surface area contributed by atoms with Crippen molar-refractivity contribution in [3.05, 3.63) is 66.1 Å². The summed E-state index contributed by atoms with van der Waals surface area (Å²) >= 11 is 10.1. The molecule has 0 saturated carbocycles. The molecular weight excluding hydrogens is 570 g/mol. The minimum absolute atomic E-state index is 0.0225. The molecule has 8 heteroatoms. The Labute approximate surface area is 191 Å². The number of aryl methyl sites for hydroxylation is 1. The maximum atomic E-state index is 13.3. The van der Waals surface area contributed by atoms with Crippen LogP contribution >= 0.6 is 47.8 Å². The highest BCUT2D eigenvalue weighted by Crippen LogP contribution is 2.46. The summed E-state index contributed by atoms with van der Waals surface area (Å²) in [6.45, 7) is 1.71. The fourth-order valence-corrected chi connectivity index (χ4v) is 5.06. The molecule has 146 valence electrons.